The van der Waals surface area contributed by atoms with Crippen LogP contribution in [0.5, 0.6) is 10.8 Å². The molecule has 1 N–H and O–H groups in total. The molecule has 0 fully saturated rings. The van der Waals surface area contributed by atoms with Crippen molar-refractivity contribution in [3.8, 4) is 10.8 Å². The number of anilines is 3. The maximum absolute atomic E-state index is 12.8. The first kappa shape index (κ1) is 18.3. The van der Waals surface area contributed by atoms with Crippen LogP contribution in [0.1, 0.15) is 12.0 Å². The van der Waals surface area contributed by atoms with Gasteiger partial charge in [0.1, 0.15) is 5.75 Å². The quantitative estimate of drug-likeness (QED) is 0.678. The van der Waals surface area contributed by atoms with Gasteiger partial charge in [0.2, 0.25) is 5.06 Å². The molecular weight excluding hydrogens is 372 g/mol. The smallest absolute Gasteiger partial charge is 0.328 e. The zero-order chi connectivity index (χ0) is 19.5. The number of para-hydroxylation sites is 1. The van der Waals surface area contributed by atoms with E-state index in [0.717, 1.165) is 30.0 Å². The molecule has 0 aliphatic carbocycles. The number of carbonyl (C=O) groups is 1. The molecule has 2 heterocycles. The van der Waals surface area contributed by atoms with Gasteiger partial charge in [-0.05, 0) is 36.6 Å². The summed E-state index contributed by atoms with van der Waals surface area (Å²) in [5, 5.41) is 4.04. The van der Waals surface area contributed by atoms with Crippen molar-refractivity contribution >= 4 is 33.9 Å². The van der Waals surface area contributed by atoms with Crippen molar-refractivity contribution in [1.29, 1.82) is 0 Å². The highest BCUT2D eigenvalue weighted by Crippen LogP contribution is 2.33. The Balaban J connectivity index is 1.44. The Morgan fingerprint density at radius 1 is 1.21 bits per heavy atom. The summed E-state index contributed by atoms with van der Waals surface area (Å²) in [5.74, 6) is 0.734. The van der Waals surface area contributed by atoms with E-state index in [-0.39, 0.29) is 6.03 Å². The van der Waals surface area contributed by atoms with Gasteiger partial charge in [-0.25, -0.2) is 9.78 Å². The summed E-state index contributed by atoms with van der Waals surface area (Å²) in [6, 6.07) is 15.7. The lowest BCUT2D eigenvalue weighted by Gasteiger charge is -2.29. The van der Waals surface area contributed by atoms with Crippen LogP contribution < -0.4 is 19.9 Å². The molecule has 1 aliphatic heterocycles. The number of ether oxygens (including phenoxy) is 1. The van der Waals surface area contributed by atoms with Crippen LogP contribution in [0.15, 0.2) is 54.7 Å². The molecule has 2 amide bonds. The van der Waals surface area contributed by atoms with Crippen LogP contribution in [0.3, 0.4) is 0 Å². The standard InChI is InChI=1S/C21H22N4O2S/c1-24(2)16-9-5-10-17(13-16)27-19-14-22-20(28-19)23-21(26)25-12-6-8-15-7-3-4-11-18(15)25/h3-5,7,9-11,13-14H,6,8,12H2,1-2H3,(H,22,23,26). The second-order valence-electron chi connectivity index (χ2n) is 6.79. The minimum Gasteiger partial charge on any atom is -0.445 e. The predicted molar refractivity (Wildman–Crippen MR) is 114 cm³/mol. The molecule has 0 unspecified atom stereocenters. The molecule has 6 nitrogen and oxygen atoms in total. The van der Waals surface area contributed by atoms with Crippen molar-refractivity contribution in [3.05, 3.63) is 60.3 Å². The summed E-state index contributed by atoms with van der Waals surface area (Å²) in [6.07, 6.45) is 3.59. The number of aromatic nitrogens is 1. The number of hydrogen-bond donors (Lipinski definition) is 1. The Bertz CT molecular complexity index is 986. The highest BCUT2D eigenvalue weighted by molar-refractivity contribution is 7.17. The van der Waals surface area contributed by atoms with Crippen LogP contribution in [-0.4, -0.2) is 31.7 Å². The minimum absolute atomic E-state index is 0.164. The van der Waals surface area contributed by atoms with Gasteiger partial charge < -0.3 is 9.64 Å². The first-order valence-electron chi connectivity index (χ1n) is 9.17. The maximum atomic E-state index is 12.8. The lowest BCUT2D eigenvalue weighted by atomic mass is 10.0. The van der Waals surface area contributed by atoms with Crippen LogP contribution in [-0.2, 0) is 6.42 Å². The third-order valence-electron chi connectivity index (χ3n) is 4.61. The second kappa shape index (κ2) is 7.90. The Morgan fingerprint density at radius 2 is 2.07 bits per heavy atom. The average Bonchev–Trinajstić information content (AvgIpc) is 3.14. The topological polar surface area (TPSA) is 57.7 Å². The van der Waals surface area contributed by atoms with Gasteiger partial charge in [-0.2, -0.15) is 0 Å². The molecule has 2 aromatic carbocycles. The average molecular weight is 395 g/mol. The molecule has 0 bridgehead atoms. The van der Waals surface area contributed by atoms with Crippen molar-refractivity contribution in [2.75, 3.05) is 35.8 Å². The third kappa shape index (κ3) is 3.94. The SMILES string of the molecule is CN(C)c1cccc(Oc2cnc(NC(=O)N3CCCc4ccccc43)s2)c1. The van der Waals surface area contributed by atoms with Crippen molar-refractivity contribution in [1.82, 2.24) is 4.98 Å². The second-order valence-corrected chi connectivity index (χ2v) is 7.79. The van der Waals surface area contributed by atoms with E-state index in [2.05, 4.69) is 16.4 Å². The molecule has 7 heteroatoms. The minimum atomic E-state index is -0.164. The zero-order valence-electron chi connectivity index (χ0n) is 15.9. The van der Waals surface area contributed by atoms with Gasteiger partial charge >= 0.3 is 6.03 Å². The fourth-order valence-corrected chi connectivity index (χ4v) is 3.89. The highest BCUT2D eigenvalue weighted by atomic mass is 32.1. The fraction of sp³-hybridized carbons (Fsp3) is 0.238. The largest absolute Gasteiger partial charge is 0.445 e. The number of hydrogen-bond acceptors (Lipinski definition) is 5. The molecule has 0 saturated carbocycles. The third-order valence-corrected chi connectivity index (χ3v) is 5.40. The number of nitrogens with one attached hydrogen (secondary N) is 1. The van der Waals surface area contributed by atoms with Crippen molar-refractivity contribution in [2.45, 2.75) is 12.8 Å². The molecule has 4 rings (SSSR count). The van der Waals surface area contributed by atoms with E-state index < -0.39 is 0 Å². The summed E-state index contributed by atoms with van der Waals surface area (Å²) >= 11 is 1.31. The highest BCUT2D eigenvalue weighted by Gasteiger charge is 2.23. The number of amides is 2. The number of carbonyl (C=O) groups excluding carboxylic acids is 1. The Kier molecular flexibility index (Phi) is 5.16. The molecule has 0 atom stereocenters. The predicted octanol–water partition coefficient (Wildman–Crippen LogP) is 4.99. The van der Waals surface area contributed by atoms with Crippen molar-refractivity contribution in [2.24, 2.45) is 0 Å². The number of fused-ring (bicyclic) bond motifs is 1. The van der Waals surface area contributed by atoms with Crippen molar-refractivity contribution in [3.63, 3.8) is 0 Å². The lowest BCUT2D eigenvalue weighted by Crippen LogP contribution is -2.38. The zero-order valence-corrected chi connectivity index (χ0v) is 16.7. The summed E-state index contributed by atoms with van der Waals surface area (Å²) < 4.78 is 5.90. The number of thiazole rings is 1. The van der Waals surface area contributed by atoms with E-state index in [1.54, 1.807) is 11.1 Å². The van der Waals surface area contributed by atoms with Crippen LogP contribution in [0.4, 0.5) is 21.3 Å². The molecule has 1 aromatic heterocycles. The van der Waals surface area contributed by atoms with Gasteiger partial charge in [-0.3, -0.25) is 10.2 Å². The number of urea groups is 1. The van der Waals surface area contributed by atoms with E-state index in [1.807, 2.05) is 61.5 Å². The molecule has 0 spiro atoms. The number of aryl methyl sites for hydroxylation is 1. The van der Waals surface area contributed by atoms with Gasteiger partial charge in [-0.15, -0.1) is 0 Å². The molecule has 1 aliphatic rings. The number of benzene rings is 2. The number of nitrogens with zero attached hydrogens (tertiary/aromatic N) is 3. The fourth-order valence-electron chi connectivity index (χ4n) is 3.21. The van der Waals surface area contributed by atoms with E-state index in [4.69, 9.17) is 4.74 Å². The molecule has 0 saturated heterocycles. The normalized spacial score (nSPS) is 13.0. The van der Waals surface area contributed by atoms with Gasteiger partial charge in [0.05, 0.1) is 6.20 Å². The van der Waals surface area contributed by atoms with Crippen LogP contribution >= 0.6 is 11.3 Å². The number of rotatable bonds is 4. The monoisotopic (exact) mass is 394 g/mol. The molecule has 144 valence electrons. The van der Waals surface area contributed by atoms with E-state index in [1.165, 1.54) is 16.9 Å². The molecular formula is C21H22N4O2S. The summed E-state index contributed by atoms with van der Waals surface area (Å²) in [4.78, 5) is 20.8. The van der Waals surface area contributed by atoms with E-state index >= 15 is 0 Å². The lowest BCUT2D eigenvalue weighted by molar-refractivity contribution is 0.256. The molecule has 0 radical (unpaired) electrons. The summed E-state index contributed by atoms with van der Waals surface area (Å²) in [6.45, 7) is 0.703. The van der Waals surface area contributed by atoms with Gasteiger partial charge in [0.15, 0.2) is 5.13 Å². The first-order chi connectivity index (χ1) is 13.6. The van der Waals surface area contributed by atoms with Gasteiger partial charge in [0.25, 0.3) is 0 Å². The van der Waals surface area contributed by atoms with Crippen LogP contribution in [0.2, 0.25) is 0 Å². The molecule has 3 aromatic rings. The first-order valence-corrected chi connectivity index (χ1v) is 9.99. The van der Waals surface area contributed by atoms with Crippen molar-refractivity contribution < 1.29 is 9.53 Å². The Morgan fingerprint density at radius 3 is 2.93 bits per heavy atom. The van der Waals surface area contributed by atoms with Crippen LogP contribution in [0, 0.1) is 0 Å². The molecule has 28 heavy (non-hydrogen) atoms. The summed E-state index contributed by atoms with van der Waals surface area (Å²) in [5.41, 5.74) is 3.23. The van der Waals surface area contributed by atoms with E-state index in [9.17, 15) is 4.79 Å². The Hall–Kier alpha value is -3.06. The van der Waals surface area contributed by atoms with Gasteiger partial charge in [0, 0.05) is 38.1 Å². The maximum Gasteiger partial charge on any atom is 0.328 e. The van der Waals surface area contributed by atoms with Gasteiger partial charge in [-0.1, -0.05) is 35.6 Å². The van der Waals surface area contributed by atoms with Crippen LogP contribution in [0.25, 0.3) is 0 Å². The summed E-state index contributed by atoms with van der Waals surface area (Å²) in [7, 11) is 3.97. The Labute approximate surface area is 168 Å². The van der Waals surface area contributed by atoms with E-state index in [0.29, 0.717) is 16.7 Å².